The van der Waals surface area contributed by atoms with Crippen LogP contribution >= 0.6 is 0 Å². The van der Waals surface area contributed by atoms with E-state index in [0.717, 1.165) is 35.5 Å². The fraction of sp³-hybridized carbons (Fsp3) is 0.529. The van der Waals surface area contributed by atoms with Crippen LogP contribution in [-0.4, -0.2) is 76.7 Å². The summed E-state index contributed by atoms with van der Waals surface area (Å²) in [7, 11) is 4.14. The van der Waals surface area contributed by atoms with E-state index in [1.165, 1.54) is 32.1 Å². The van der Waals surface area contributed by atoms with Crippen molar-refractivity contribution in [2.45, 2.75) is 64.5 Å². The fourth-order valence-corrected chi connectivity index (χ4v) is 6.66. The van der Waals surface area contributed by atoms with Gasteiger partial charge in [-0.15, -0.1) is 0 Å². The molecule has 226 valence electrons. The van der Waals surface area contributed by atoms with Gasteiger partial charge >= 0.3 is 0 Å². The van der Waals surface area contributed by atoms with Crippen molar-refractivity contribution in [3.05, 3.63) is 59.8 Å². The van der Waals surface area contributed by atoms with Crippen molar-refractivity contribution >= 4 is 28.4 Å². The van der Waals surface area contributed by atoms with Gasteiger partial charge in [-0.2, -0.15) is 0 Å². The Morgan fingerprint density at radius 3 is 2.67 bits per heavy atom. The Bertz CT molecular complexity index is 1400. The van der Waals surface area contributed by atoms with Gasteiger partial charge in [0.25, 0.3) is 5.91 Å². The van der Waals surface area contributed by atoms with Crippen LogP contribution in [0, 0.1) is 11.8 Å². The molecule has 1 saturated carbocycles. The summed E-state index contributed by atoms with van der Waals surface area (Å²) >= 11 is 0. The molecule has 2 amide bonds. The summed E-state index contributed by atoms with van der Waals surface area (Å²) in [6.07, 6.45) is 8.66. The molecule has 1 aliphatic heterocycles. The summed E-state index contributed by atoms with van der Waals surface area (Å²) in [6, 6.07) is 13.0. The summed E-state index contributed by atoms with van der Waals surface area (Å²) < 4.78 is 8.61. The standard InChI is InChI=1S/C34H46N4O4/c1-23-18-38(24(2)22-39)34(41)29-17-27(35-33(40)16-26-20-37(4)30-13-9-8-12-28(26)30)14-15-31(29)42-32(23)21-36(3)19-25-10-6-5-7-11-25/h8-9,12-15,17,20,23-25,32,39H,5-7,10-11,16,18-19,21-22H2,1-4H3,(H,35,40)/t23-,24-,32-/m0/s1. The van der Waals surface area contributed by atoms with Gasteiger partial charge in [0.15, 0.2) is 0 Å². The molecule has 1 aliphatic carbocycles. The van der Waals surface area contributed by atoms with Gasteiger partial charge in [-0.3, -0.25) is 9.59 Å². The van der Waals surface area contributed by atoms with E-state index in [0.29, 0.717) is 23.5 Å². The van der Waals surface area contributed by atoms with E-state index in [-0.39, 0.29) is 42.9 Å². The number of para-hydroxylation sites is 1. The van der Waals surface area contributed by atoms with Gasteiger partial charge in [0.05, 0.1) is 24.6 Å². The second-order valence-corrected chi connectivity index (χ2v) is 12.6. The molecule has 2 N–H and O–H groups in total. The molecule has 42 heavy (non-hydrogen) atoms. The first-order valence-corrected chi connectivity index (χ1v) is 15.5. The largest absolute Gasteiger partial charge is 0.488 e. The first kappa shape index (κ1) is 30.1. The van der Waals surface area contributed by atoms with E-state index in [1.807, 2.05) is 55.1 Å². The first-order valence-electron chi connectivity index (χ1n) is 15.5. The number of benzene rings is 2. The summed E-state index contributed by atoms with van der Waals surface area (Å²) in [5.74, 6) is 0.974. The minimum atomic E-state index is -0.337. The van der Waals surface area contributed by atoms with Crippen LogP contribution in [0.2, 0.25) is 0 Å². The summed E-state index contributed by atoms with van der Waals surface area (Å²) in [5.41, 5.74) is 2.99. The molecule has 3 atom stereocenters. The number of carbonyl (C=O) groups is 2. The number of nitrogens with one attached hydrogen (secondary N) is 1. The van der Waals surface area contributed by atoms with E-state index in [4.69, 9.17) is 4.74 Å². The minimum Gasteiger partial charge on any atom is -0.488 e. The van der Waals surface area contributed by atoms with Crippen molar-refractivity contribution in [3.8, 4) is 5.75 Å². The molecule has 5 rings (SSSR count). The Morgan fingerprint density at radius 1 is 1.14 bits per heavy atom. The topological polar surface area (TPSA) is 87.0 Å². The van der Waals surface area contributed by atoms with Crippen LogP contribution in [0.15, 0.2) is 48.7 Å². The highest BCUT2D eigenvalue weighted by Crippen LogP contribution is 2.31. The molecule has 0 bridgehead atoms. The number of fused-ring (bicyclic) bond motifs is 2. The zero-order chi connectivity index (χ0) is 29.8. The normalized spacial score (nSPS) is 20.6. The van der Waals surface area contributed by atoms with E-state index in [1.54, 1.807) is 17.0 Å². The van der Waals surface area contributed by atoms with Gasteiger partial charge < -0.3 is 29.5 Å². The van der Waals surface area contributed by atoms with Crippen LogP contribution in [-0.2, 0) is 18.3 Å². The second kappa shape index (κ2) is 13.3. The Hall–Kier alpha value is -3.36. The van der Waals surface area contributed by atoms with Gasteiger partial charge in [-0.1, -0.05) is 44.4 Å². The van der Waals surface area contributed by atoms with Crippen LogP contribution in [0.5, 0.6) is 5.75 Å². The summed E-state index contributed by atoms with van der Waals surface area (Å²) in [4.78, 5) is 31.1. The minimum absolute atomic E-state index is 0.0741. The molecule has 2 aliphatic rings. The molecule has 1 fully saturated rings. The lowest BCUT2D eigenvalue weighted by atomic mass is 9.89. The van der Waals surface area contributed by atoms with E-state index >= 15 is 0 Å². The maximum absolute atomic E-state index is 13.8. The van der Waals surface area contributed by atoms with Gasteiger partial charge in [0.1, 0.15) is 11.9 Å². The van der Waals surface area contributed by atoms with Crippen molar-refractivity contribution < 1.29 is 19.4 Å². The smallest absolute Gasteiger partial charge is 0.258 e. The Balaban J connectivity index is 1.35. The monoisotopic (exact) mass is 574 g/mol. The Labute approximate surface area is 249 Å². The zero-order valence-electron chi connectivity index (χ0n) is 25.5. The molecule has 0 unspecified atom stereocenters. The number of amides is 2. The lowest BCUT2D eigenvalue weighted by molar-refractivity contribution is -0.115. The summed E-state index contributed by atoms with van der Waals surface area (Å²) in [5, 5.41) is 14.0. The zero-order valence-corrected chi connectivity index (χ0v) is 25.5. The molecular weight excluding hydrogens is 528 g/mol. The molecule has 2 aromatic carbocycles. The molecule has 0 radical (unpaired) electrons. The Kier molecular flexibility index (Phi) is 9.53. The molecule has 3 aromatic rings. The number of rotatable bonds is 9. The third-order valence-electron chi connectivity index (χ3n) is 9.07. The predicted molar refractivity (Wildman–Crippen MR) is 167 cm³/mol. The van der Waals surface area contributed by atoms with Gasteiger partial charge in [-0.05, 0) is 62.6 Å². The fourth-order valence-electron chi connectivity index (χ4n) is 6.66. The number of hydrogen-bond donors (Lipinski definition) is 2. The first-order chi connectivity index (χ1) is 20.2. The molecule has 8 heteroatoms. The van der Waals surface area contributed by atoms with Crippen molar-refractivity contribution in [1.29, 1.82) is 0 Å². The maximum Gasteiger partial charge on any atom is 0.258 e. The van der Waals surface area contributed by atoms with Crippen LogP contribution in [0.4, 0.5) is 5.69 Å². The number of carbonyl (C=O) groups excluding carboxylic acids is 2. The SMILES string of the molecule is C[C@H]1CN([C@@H](C)CO)C(=O)c2cc(NC(=O)Cc3cn(C)c4ccccc34)ccc2O[C@H]1CN(C)CC1CCCCC1. The quantitative estimate of drug-likeness (QED) is 0.372. The lowest BCUT2D eigenvalue weighted by Gasteiger charge is -2.38. The van der Waals surface area contributed by atoms with E-state index in [9.17, 15) is 14.7 Å². The number of ether oxygens (including phenoxy) is 1. The van der Waals surface area contributed by atoms with Crippen molar-refractivity contribution in [3.63, 3.8) is 0 Å². The van der Waals surface area contributed by atoms with Crippen molar-refractivity contribution in [2.24, 2.45) is 18.9 Å². The van der Waals surface area contributed by atoms with Crippen LogP contribution in [0.1, 0.15) is 61.9 Å². The second-order valence-electron chi connectivity index (χ2n) is 12.6. The number of hydrogen-bond acceptors (Lipinski definition) is 5. The molecular formula is C34H46N4O4. The molecule has 8 nitrogen and oxygen atoms in total. The molecule has 2 heterocycles. The number of likely N-dealkylation sites (N-methyl/N-ethyl adjacent to an activating group) is 1. The van der Waals surface area contributed by atoms with Gasteiger partial charge in [0, 0.05) is 55.4 Å². The molecule has 0 saturated heterocycles. The number of aromatic nitrogens is 1. The third kappa shape index (κ3) is 6.81. The molecule has 1 aromatic heterocycles. The summed E-state index contributed by atoms with van der Waals surface area (Å²) in [6.45, 7) is 6.16. The van der Waals surface area contributed by atoms with Gasteiger partial charge in [0.2, 0.25) is 5.91 Å². The van der Waals surface area contributed by atoms with Crippen molar-refractivity contribution in [1.82, 2.24) is 14.4 Å². The maximum atomic E-state index is 13.8. The highest BCUT2D eigenvalue weighted by molar-refractivity contribution is 6.00. The molecule has 0 spiro atoms. The number of nitrogens with zero attached hydrogens (tertiary/aromatic N) is 3. The lowest BCUT2D eigenvalue weighted by Crippen LogP contribution is -2.50. The number of aliphatic hydroxyl groups is 1. The van der Waals surface area contributed by atoms with Crippen LogP contribution in [0.3, 0.4) is 0 Å². The van der Waals surface area contributed by atoms with E-state index in [2.05, 4.69) is 24.2 Å². The highest BCUT2D eigenvalue weighted by Gasteiger charge is 2.34. The number of aryl methyl sites for hydroxylation is 1. The average molecular weight is 575 g/mol. The number of anilines is 1. The Morgan fingerprint density at radius 2 is 1.90 bits per heavy atom. The van der Waals surface area contributed by atoms with Crippen LogP contribution in [0.25, 0.3) is 10.9 Å². The van der Waals surface area contributed by atoms with Gasteiger partial charge in [-0.25, -0.2) is 0 Å². The van der Waals surface area contributed by atoms with Crippen molar-refractivity contribution in [2.75, 3.05) is 38.6 Å². The van der Waals surface area contributed by atoms with Crippen LogP contribution < -0.4 is 10.1 Å². The predicted octanol–water partition coefficient (Wildman–Crippen LogP) is 5.09. The average Bonchev–Trinajstić information content (AvgIpc) is 3.29. The van der Waals surface area contributed by atoms with E-state index < -0.39 is 0 Å². The number of aliphatic hydroxyl groups excluding tert-OH is 1. The highest BCUT2D eigenvalue weighted by atomic mass is 16.5. The third-order valence-corrected chi connectivity index (χ3v) is 9.07.